The highest BCUT2D eigenvalue weighted by atomic mass is 35.5. The number of carbonyl (C=O) groups excluding carboxylic acids is 1. The fourth-order valence-electron chi connectivity index (χ4n) is 2.10. The van der Waals surface area contributed by atoms with Crippen LogP contribution in [0.15, 0.2) is 48.0 Å². The van der Waals surface area contributed by atoms with Crippen molar-refractivity contribution in [3.8, 4) is 0 Å². The van der Waals surface area contributed by atoms with Crippen LogP contribution in [0, 0.1) is 0 Å². The van der Waals surface area contributed by atoms with Crippen LogP contribution in [0.3, 0.4) is 0 Å². The van der Waals surface area contributed by atoms with Gasteiger partial charge in [0.15, 0.2) is 0 Å². The topological polar surface area (TPSA) is 66.4 Å². The number of halogens is 4. The minimum Gasteiger partial charge on any atom is -0.478 e. The van der Waals surface area contributed by atoms with Crippen LogP contribution in [0.2, 0.25) is 5.02 Å². The van der Waals surface area contributed by atoms with Gasteiger partial charge in [-0.25, -0.2) is 4.79 Å². The molecule has 26 heavy (non-hydrogen) atoms. The first-order chi connectivity index (χ1) is 12.1. The Bertz CT molecular complexity index is 891. The number of alkyl halides is 3. The summed E-state index contributed by atoms with van der Waals surface area (Å²) in [5.74, 6) is -1.81. The summed E-state index contributed by atoms with van der Waals surface area (Å²) >= 11 is 5.93. The molecular formula is C18H13ClF3NO3. The summed E-state index contributed by atoms with van der Waals surface area (Å²) in [5, 5.41) is 11.6. The number of rotatable bonds is 4. The van der Waals surface area contributed by atoms with Crippen LogP contribution in [0.4, 0.5) is 18.9 Å². The molecule has 2 aromatic rings. The van der Waals surface area contributed by atoms with Gasteiger partial charge < -0.3 is 10.4 Å². The van der Waals surface area contributed by atoms with Crippen molar-refractivity contribution >= 4 is 35.2 Å². The molecule has 0 unspecified atom stereocenters. The van der Waals surface area contributed by atoms with E-state index in [0.29, 0.717) is 0 Å². The smallest absolute Gasteiger partial charge is 0.416 e. The van der Waals surface area contributed by atoms with Crippen LogP contribution in [0.5, 0.6) is 0 Å². The zero-order valence-electron chi connectivity index (χ0n) is 13.4. The molecule has 0 saturated heterocycles. The molecular weight excluding hydrogens is 371 g/mol. The molecule has 2 rings (SSSR count). The molecule has 0 spiro atoms. The first-order valence-electron chi connectivity index (χ1n) is 7.27. The molecule has 0 aliphatic carbocycles. The lowest BCUT2D eigenvalue weighted by Crippen LogP contribution is -2.13. The standard InChI is InChI=1S/C18H13ClF3NO3/c1-10(7-11-3-2-4-13(8-11)18(20,21)22)16(24)23-15-9-12(17(25)26)5-6-14(15)19/h2-9H,1H3,(H,23,24)(H,25,26)/b10-7+. The van der Waals surface area contributed by atoms with Crippen molar-refractivity contribution < 1.29 is 27.9 Å². The van der Waals surface area contributed by atoms with Gasteiger partial charge in [-0.1, -0.05) is 23.7 Å². The van der Waals surface area contributed by atoms with Crippen LogP contribution in [0.25, 0.3) is 6.08 Å². The van der Waals surface area contributed by atoms with E-state index in [0.717, 1.165) is 12.1 Å². The van der Waals surface area contributed by atoms with Gasteiger partial charge in [0.25, 0.3) is 5.91 Å². The van der Waals surface area contributed by atoms with Gasteiger partial charge in [0, 0.05) is 5.57 Å². The van der Waals surface area contributed by atoms with Crippen molar-refractivity contribution in [2.45, 2.75) is 13.1 Å². The molecule has 1 amide bonds. The van der Waals surface area contributed by atoms with E-state index in [1.165, 1.54) is 43.3 Å². The fraction of sp³-hybridized carbons (Fsp3) is 0.111. The van der Waals surface area contributed by atoms with Gasteiger partial charge in [0.1, 0.15) is 0 Å². The highest BCUT2D eigenvalue weighted by Gasteiger charge is 2.30. The predicted molar refractivity (Wildman–Crippen MR) is 92.1 cm³/mol. The molecule has 0 fully saturated rings. The number of carbonyl (C=O) groups is 2. The first kappa shape index (κ1) is 19.5. The molecule has 0 heterocycles. The Morgan fingerprint density at radius 2 is 1.85 bits per heavy atom. The summed E-state index contributed by atoms with van der Waals surface area (Å²) in [5.41, 5.74) is -0.465. The number of anilines is 1. The van der Waals surface area contributed by atoms with Gasteiger partial charge in [-0.3, -0.25) is 4.79 Å². The molecule has 0 bridgehead atoms. The number of hydrogen-bond acceptors (Lipinski definition) is 2. The summed E-state index contributed by atoms with van der Waals surface area (Å²) in [4.78, 5) is 23.2. The third-order valence-corrected chi connectivity index (χ3v) is 3.75. The summed E-state index contributed by atoms with van der Waals surface area (Å²) in [6.45, 7) is 1.42. The van der Waals surface area contributed by atoms with Gasteiger partial charge in [0.05, 0.1) is 21.8 Å². The monoisotopic (exact) mass is 383 g/mol. The second kappa shape index (κ2) is 7.61. The third-order valence-electron chi connectivity index (χ3n) is 3.42. The van der Waals surface area contributed by atoms with E-state index in [4.69, 9.17) is 16.7 Å². The van der Waals surface area contributed by atoms with Crippen molar-refractivity contribution in [2.24, 2.45) is 0 Å². The number of nitrogens with one attached hydrogen (secondary N) is 1. The molecule has 0 saturated carbocycles. The second-order valence-corrected chi connectivity index (χ2v) is 5.81. The zero-order chi connectivity index (χ0) is 19.5. The molecule has 0 radical (unpaired) electrons. The van der Waals surface area contributed by atoms with Crippen molar-refractivity contribution in [2.75, 3.05) is 5.32 Å². The van der Waals surface area contributed by atoms with Crippen LogP contribution < -0.4 is 5.32 Å². The molecule has 2 N–H and O–H groups in total. The minimum atomic E-state index is -4.48. The molecule has 136 valence electrons. The Hall–Kier alpha value is -2.80. The van der Waals surface area contributed by atoms with Crippen molar-refractivity contribution in [1.82, 2.24) is 0 Å². The van der Waals surface area contributed by atoms with Crippen LogP contribution in [-0.2, 0) is 11.0 Å². The maximum absolute atomic E-state index is 12.7. The lowest BCUT2D eigenvalue weighted by Gasteiger charge is -2.09. The average Bonchev–Trinajstić information content (AvgIpc) is 2.56. The summed E-state index contributed by atoms with van der Waals surface area (Å²) in [6, 6.07) is 8.34. The average molecular weight is 384 g/mol. The molecule has 0 aliphatic heterocycles. The van der Waals surface area contributed by atoms with Crippen molar-refractivity contribution in [3.63, 3.8) is 0 Å². The maximum Gasteiger partial charge on any atom is 0.416 e. The molecule has 2 aromatic carbocycles. The number of benzene rings is 2. The van der Waals surface area contributed by atoms with E-state index in [-0.39, 0.29) is 27.4 Å². The minimum absolute atomic E-state index is 0.0655. The van der Waals surface area contributed by atoms with Gasteiger partial charge in [-0.15, -0.1) is 0 Å². The molecule has 4 nitrogen and oxygen atoms in total. The van der Waals surface area contributed by atoms with Gasteiger partial charge in [0.2, 0.25) is 0 Å². The number of amides is 1. The summed E-state index contributed by atoms with van der Waals surface area (Å²) in [7, 11) is 0. The van der Waals surface area contributed by atoms with Gasteiger partial charge in [-0.05, 0) is 48.9 Å². The van der Waals surface area contributed by atoms with E-state index in [9.17, 15) is 22.8 Å². The SMILES string of the molecule is C/C(=C\c1cccc(C(F)(F)F)c1)C(=O)Nc1cc(C(=O)O)ccc1Cl. The van der Waals surface area contributed by atoms with E-state index >= 15 is 0 Å². The van der Waals surface area contributed by atoms with E-state index in [1.54, 1.807) is 0 Å². The normalized spacial score (nSPS) is 12.0. The van der Waals surface area contributed by atoms with E-state index < -0.39 is 23.6 Å². The largest absolute Gasteiger partial charge is 0.478 e. The predicted octanol–water partition coefficient (Wildman–Crippen LogP) is 5.10. The Balaban J connectivity index is 2.24. The van der Waals surface area contributed by atoms with E-state index in [2.05, 4.69) is 5.32 Å². The van der Waals surface area contributed by atoms with Crippen LogP contribution in [-0.4, -0.2) is 17.0 Å². The molecule has 0 aliphatic rings. The quantitative estimate of drug-likeness (QED) is 0.722. The van der Waals surface area contributed by atoms with Crippen LogP contribution in [0.1, 0.15) is 28.4 Å². The molecule has 8 heteroatoms. The van der Waals surface area contributed by atoms with Gasteiger partial charge >= 0.3 is 12.1 Å². The Labute approximate surface area is 151 Å². The summed E-state index contributed by atoms with van der Waals surface area (Å²) < 4.78 is 38.2. The number of carboxylic acids is 1. The third kappa shape index (κ3) is 4.86. The lowest BCUT2D eigenvalue weighted by molar-refractivity contribution is -0.137. The first-order valence-corrected chi connectivity index (χ1v) is 7.65. The number of carboxylic acid groups (broad SMARTS) is 1. The zero-order valence-corrected chi connectivity index (χ0v) is 14.2. The fourth-order valence-corrected chi connectivity index (χ4v) is 2.26. The van der Waals surface area contributed by atoms with Crippen LogP contribution >= 0.6 is 11.6 Å². The summed E-state index contributed by atoms with van der Waals surface area (Å²) in [6.07, 6.45) is -3.19. The highest BCUT2D eigenvalue weighted by Crippen LogP contribution is 2.30. The van der Waals surface area contributed by atoms with Crippen molar-refractivity contribution in [1.29, 1.82) is 0 Å². The Morgan fingerprint density at radius 3 is 2.46 bits per heavy atom. The number of hydrogen-bond donors (Lipinski definition) is 2. The second-order valence-electron chi connectivity index (χ2n) is 5.40. The Morgan fingerprint density at radius 1 is 1.15 bits per heavy atom. The Kier molecular flexibility index (Phi) is 5.72. The maximum atomic E-state index is 12.7. The number of aromatic carboxylic acids is 1. The van der Waals surface area contributed by atoms with Gasteiger partial charge in [-0.2, -0.15) is 13.2 Å². The van der Waals surface area contributed by atoms with Crippen molar-refractivity contribution in [3.05, 3.63) is 69.8 Å². The highest BCUT2D eigenvalue weighted by molar-refractivity contribution is 6.34. The molecule has 0 aromatic heterocycles. The van der Waals surface area contributed by atoms with E-state index in [1.807, 2.05) is 0 Å². The lowest BCUT2D eigenvalue weighted by atomic mass is 10.1. The molecule has 0 atom stereocenters.